The number of carbonyl (C=O) groups excluding carboxylic acids is 2. The number of ether oxygens (including phenoxy) is 2. The van der Waals surface area contributed by atoms with Gasteiger partial charge in [-0.2, -0.15) is 0 Å². The Kier molecular flexibility index (Phi) is 5.99. The van der Waals surface area contributed by atoms with Gasteiger partial charge in [0.15, 0.2) is 6.10 Å². The third kappa shape index (κ3) is 4.10. The molecule has 0 saturated carbocycles. The number of methoxy groups -OCH3 is 1. The molecular weight excluding hydrogens is 410 g/mol. The van der Waals surface area contributed by atoms with Gasteiger partial charge in [0.25, 0.3) is 5.91 Å². The molecule has 1 unspecified atom stereocenters. The molecule has 1 heterocycles. The lowest BCUT2D eigenvalue weighted by Crippen LogP contribution is -2.48. The maximum absolute atomic E-state index is 12.9. The molecule has 0 spiro atoms. The number of benzene rings is 2. The highest BCUT2D eigenvalue weighted by Gasteiger charge is 2.33. The Balaban J connectivity index is 1.90. The van der Waals surface area contributed by atoms with E-state index in [-0.39, 0.29) is 23.0 Å². The molecule has 1 aliphatic heterocycles. The molecule has 2 aromatic carbocycles. The summed E-state index contributed by atoms with van der Waals surface area (Å²) in [6.07, 6.45) is -0.984. The Morgan fingerprint density at radius 3 is 2.53 bits per heavy atom. The van der Waals surface area contributed by atoms with E-state index in [2.05, 4.69) is 5.32 Å². The van der Waals surface area contributed by atoms with E-state index in [1.54, 1.807) is 24.3 Å². The fourth-order valence-electron chi connectivity index (χ4n) is 3.04. The van der Waals surface area contributed by atoms with Gasteiger partial charge in [-0.05, 0) is 30.3 Å². The van der Waals surface area contributed by atoms with E-state index in [1.165, 1.54) is 51.2 Å². The second kappa shape index (κ2) is 8.33. The van der Waals surface area contributed by atoms with Gasteiger partial charge in [-0.1, -0.05) is 12.1 Å². The third-order valence-corrected chi connectivity index (χ3v) is 6.46. The van der Waals surface area contributed by atoms with E-state index in [4.69, 9.17) is 9.47 Å². The highest BCUT2D eigenvalue weighted by Crippen LogP contribution is 2.34. The monoisotopic (exact) mass is 433 g/mol. The summed E-state index contributed by atoms with van der Waals surface area (Å²) in [5, 5.41) is 2.66. The maximum Gasteiger partial charge on any atom is 0.267 e. The molecule has 0 saturated heterocycles. The number of rotatable bonds is 5. The van der Waals surface area contributed by atoms with Crippen molar-refractivity contribution >= 4 is 33.2 Å². The fourth-order valence-corrected chi connectivity index (χ4v) is 3.97. The van der Waals surface area contributed by atoms with Crippen LogP contribution in [0.25, 0.3) is 0 Å². The van der Waals surface area contributed by atoms with Crippen LogP contribution in [0.5, 0.6) is 11.5 Å². The van der Waals surface area contributed by atoms with Crippen LogP contribution in [-0.4, -0.2) is 58.4 Å². The van der Waals surface area contributed by atoms with Crippen molar-refractivity contribution in [1.82, 2.24) is 4.31 Å². The van der Waals surface area contributed by atoms with Gasteiger partial charge < -0.3 is 19.7 Å². The van der Waals surface area contributed by atoms with Crippen molar-refractivity contribution < 1.29 is 27.5 Å². The summed E-state index contributed by atoms with van der Waals surface area (Å²) >= 11 is 0. The zero-order chi connectivity index (χ0) is 22.1. The molecule has 1 aliphatic rings. The SMILES string of the molecule is COc1ccc(S(=O)(=O)N(C)C)cc1NC(=O)C1CN(C(C)=O)c2ccccc2O1. The predicted molar refractivity (Wildman–Crippen MR) is 111 cm³/mol. The van der Waals surface area contributed by atoms with E-state index >= 15 is 0 Å². The zero-order valence-electron chi connectivity index (χ0n) is 17.1. The first-order valence-corrected chi connectivity index (χ1v) is 10.5. The molecule has 2 amide bonds. The second-order valence-corrected chi connectivity index (χ2v) is 8.99. The number of sulfonamides is 1. The second-order valence-electron chi connectivity index (χ2n) is 6.84. The van der Waals surface area contributed by atoms with Crippen LogP contribution in [-0.2, 0) is 19.6 Å². The first-order valence-electron chi connectivity index (χ1n) is 9.10. The van der Waals surface area contributed by atoms with Crippen LogP contribution in [0.2, 0.25) is 0 Å². The average molecular weight is 433 g/mol. The minimum Gasteiger partial charge on any atom is -0.495 e. The summed E-state index contributed by atoms with van der Waals surface area (Å²) in [5.74, 6) is -0.0515. The van der Waals surface area contributed by atoms with Crippen molar-refractivity contribution in [2.75, 3.05) is 38.0 Å². The third-order valence-electron chi connectivity index (χ3n) is 4.65. The zero-order valence-corrected chi connectivity index (χ0v) is 17.9. The molecule has 3 rings (SSSR count). The summed E-state index contributed by atoms with van der Waals surface area (Å²) in [6.45, 7) is 1.44. The summed E-state index contributed by atoms with van der Waals surface area (Å²) < 4.78 is 37.0. The van der Waals surface area contributed by atoms with Crippen LogP contribution < -0.4 is 19.7 Å². The Bertz CT molecular complexity index is 1080. The van der Waals surface area contributed by atoms with Crippen LogP contribution in [0.15, 0.2) is 47.4 Å². The molecule has 0 aromatic heterocycles. The van der Waals surface area contributed by atoms with Gasteiger partial charge in [0, 0.05) is 21.0 Å². The van der Waals surface area contributed by atoms with Crippen molar-refractivity contribution in [3.63, 3.8) is 0 Å². The van der Waals surface area contributed by atoms with Crippen molar-refractivity contribution in [1.29, 1.82) is 0 Å². The van der Waals surface area contributed by atoms with Gasteiger partial charge >= 0.3 is 0 Å². The van der Waals surface area contributed by atoms with Crippen molar-refractivity contribution in [3.8, 4) is 11.5 Å². The average Bonchev–Trinajstić information content (AvgIpc) is 2.72. The number of hydrogen-bond acceptors (Lipinski definition) is 6. The quantitative estimate of drug-likeness (QED) is 0.770. The van der Waals surface area contributed by atoms with Gasteiger partial charge in [0.1, 0.15) is 11.5 Å². The highest BCUT2D eigenvalue weighted by atomic mass is 32.2. The number of hydrogen-bond donors (Lipinski definition) is 1. The fraction of sp³-hybridized carbons (Fsp3) is 0.300. The number of nitrogens with one attached hydrogen (secondary N) is 1. The van der Waals surface area contributed by atoms with E-state index in [0.717, 1.165) is 4.31 Å². The van der Waals surface area contributed by atoms with E-state index in [9.17, 15) is 18.0 Å². The number of amides is 2. The molecule has 30 heavy (non-hydrogen) atoms. The van der Waals surface area contributed by atoms with Crippen LogP contribution in [0.1, 0.15) is 6.92 Å². The van der Waals surface area contributed by atoms with Crippen molar-refractivity contribution in [2.24, 2.45) is 0 Å². The summed E-state index contributed by atoms with van der Waals surface area (Å²) in [5.41, 5.74) is 0.771. The van der Waals surface area contributed by atoms with Crippen LogP contribution in [0.3, 0.4) is 0 Å². The molecule has 10 heteroatoms. The lowest BCUT2D eigenvalue weighted by molar-refractivity contribution is -0.123. The molecule has 160 valence electrons. The van der Waals surface area contributed by atoms with Crippen molar-refractivity contribution in [2.45, 2.75) is 17.9 Å². The summed E-state index contributed by atoms with van der Waals surface area (Å²) in [6, 6.07) is 11.1. The number of fused-ring (bicyclic) bond motifs is 1. The van der Waals surface area contributed by atoms with Crippen LogP contribution >= 0.6 is 0 Å². The highest BCUT2D eigenvalue weighted by molar-refractivity contribution is 7.89. The lowest BCUT2D eigenvalue weighted by atomic mass is 10.1. The minimum atomic E-state index is -3.70. The first-order chi connectivity index (χ1) is 14.1. The Labute approximate surface area is 175 Å². The van der Waals surface area contributed by atoms with Gasteiger partial charge in [-0.15, -0.1) is 0 Å². The molecule has 0 bridgehead atoms. The first kappa shape index (κ1) is 21.6. The van der Waals surface area contributed by atoms with Gasteiger partial charge in [0.05, 0.1) is 29.9 Å². The molecule has 1 N–H and O–H groups in total. The number of nitrogens with zero attached hydrogens (tertiary/aromatic N) is 2. The van der Waals surface area contributed by atoms with Gasteiger partial charge in [0.2, 0.25) is 15.9 Å². The van der Waals surface area contributed by atoms with E-state index in [1.807, 2.05) is 0 Å². The lowest BCUT2D eigenvalue weighted by Gasteiger charge is -2.33. The molecule has 1 atom stereocenters. The molecule has 2 aromatic rings. The predicted octanol–water partition coefficient (Wildman–Crippen LogP) is 1.70. The standard InChI is InChI=1S/C20H23N3O6S/c1-13(24)23-12-19(29-18-8-6-5-7-16(18)23)20(25)21-15-11-14(9-10-17(15)28-4)30(26,27)22(2)3/h5-11,19H,12H2,1-4H3,(H,21,25). The topological polar surface area (TPSA) is 105 Å². The molecular formula is C20H23N3O6S. The molecule has 9 nitrogen and oxygen atoms in total. The minimum absolute atomic E-state index is 0.00358. The smallest absolute Gasteiger partial charge is 0.267 e. The Hall–Kier alpha value is -3.11. The normalized spacial score (nSPS) is 15.9. The Morgan fingerprint density at radius 2 is 1.90 bits per heavy atom. The summed E-state index contributed by atoms with van der Waals surface area (Å²) in [4.78, 5) is 26.4. The Morgan fingerprint density at radius 1 is 1.20 bits per heavy atom. The largest absolute Gasteiger partial charge is 0.495 e. The van der Waals surface area contributed by atoms with Gasteiger partial charge in [-0.25, -0.2) is 12.7 Å². The molecule has 0 fully saturated rings. The number of para-hydroxylation sites is 2. The van der Waals surface area contributed by atoms with E-state index < -0.39 is 22.0 Å². The molecule has 0 aliphatic carbocycles. The number of anilines is 2. The van der Waals surface area contributed by atoms with Gasteiger partial charge in [-0.3, -0.25) is 9.59 Å². The van der Waals surface area contributed by atoms with Crippen molar-refractivity contribution in [3.05, 3.63) is 42.5 Å². The maximum atomic E-state index is 12.9. The molecule has 0 radical (unpaired) electrons. The van der Waals surface area contributed by atoms with Crippen LogP contribution in [0.4, 0.5) is 11.4 Å². The summed E-state index contributed by atoms with van der Waals surface area (Å²) in [7, 11) is 0.546. The van der Waals surface area contributed by atoms with E-state index in [0.29, 0.717) is 17.2 Å². The van der Waals surface area contributed by atoms with Crippen LogP contribution in [0, 0.1) is 0 Å². The number of carbonyl (C=O) groups is 2.